The molecule has 1 saturated heterocycles. The predicted molar refractivity (Wildman–Crippen MR) is 141 cm³/mol. The maximum Gasteiger partial charge on any atom is 0.387 e. The highest BCUT2D eigenvalue weighted by Gasteiger charge is 2.31. The molecule has 0 unspecified atom stereocenters. The summed E-state index contributed by atoms with van der Waals surface area (Å²) in [5.74, 6) is 1.73. The smallest absolute Gasteiger partial charge is 0.387 e. The number of rotatable bonds is 9. The van der Waals surface area contributed by atoms with Gasteiger partial charge in [0.05, 0.1) is 11.1 Å². The van der Waals surface area contributed by atoms with Crippen molar-refractivity contribution in [2.45, 2.75) is 57.6 Å². The summed E-state index contributed by atoms with van der Waals surface area (Å²) in [6, 6.07) is 13.9. The van der Waals surface area contributed by atoms with Crippen LogP contribution in [0.15, 0.2) is 59.1 Å². The van der Waals surface area contributed by atoms with Crippen molar-refractivity contribution < 1.29 is 22.9 Å². The van der Waals surface area contributed by atoms with E-state index in [0.29, 0.717) is 23.6 Å². The average Bonchev–Trinajstić information content (AvgIpc) is 3.39. The first kappa shape index (κ1) is 25.9. The third-order valence-electron chi connectivity index (χ3n) is 7.67. The number of nitro groups is 1. The second-order valence-corrected chi connectivity index (χ2v) is 10.2. The highest BCUT2D eigenvalue weighted by atomic mass is 19.3. The predicted octanol–water partition coefficient (Wildman–Crippen LogP) is 7.13. The number of oxazole rings is 1. The summed E-state index contributed by atoms with van der Waals surface area (Å²) in [5.41, 5.74) is 1.89. The minimum atomic E-state index is -2.86. The number of non-ortho nitro benzene ring substituents is 1. The van der Waals surface area contributed by atoms with E-state index in [9.17, 15) is 18.9 Å². The van der Waals surface area contributed by atoms with Gasteiger partial charge in [0, 0.05) is 42.5 Å². The Kier molecular flexibility index (Phi) is 8.05. The number of piperidine rings is 1. The fourth-order valence-electron chi connectivity index (χ4n) is 5.82. The molecule has 10 heteroatoms. The first-order valence-electron chi connectivity index (χ1n) is 13.2. The number of benzene rings is 2. The normalized spacial score (nSPS) is 21.9. The van der Waals surface area contributed by atoms with Crippen molar-refractivity contribution in [3.63, 3.8) is 0 Å². The molecule has 2 aliphatic rings. The molecular weight excluding hydrogens is 494 g/mol. The molecule has 3 atom stereocenters. The molecule has 0 amide bonds. The number of nitro benzene ring substituents is 1. The Morgan fingerprint density at radius 3 is 2.58 bits per heavy atom. The molecule has 3 aromatic rings. The van der Waals surface area contributed by atoms with Gasteiger partial charge in [0.2, 0.25) is 0 Å². The van der Waals surface area contributed by atoms with Gasteiger partial charge in [-0.2, -0.15) is 8.78 Å². The highest BCUT2D eigenvalue weighted by molar-refractivity contribution is 5.58. The van der Waals surface area contributed by atoms with Gasteiger partial charge in [0.15, 0.2) is 5.76 Å². The number of nitrogens with zero attached hydrogens (tertiary/aromatic N) is 3. The molecule has 1 saturated carbocycles. The number of halogens is 2. The molecule has 8 nitrogen and oxygen atoms in total. The number of alkyl halides is 2. The van der Waals surface area contributed by atoms with Gasteiger partial charge in [0.1, 0.15) is 5.75 Å². The van der Waals surface area contributed by atoms with Crippen LogP contribution in [-0.4, -0.2) is 35.7 Å². The monoisotopic (exact) mass is 526 g/mol. The minimum Gasteiger partial charge on any atom is -0.435 e. The fraction of sp³-hybridized carbons (Fsp3) is 0.464. The van der Waals surface area contributed by atoms with Crippen molar-refractivity contribution in [3.8, 4) is 17.1 Å². The zero-order valence-corrected chi connectivity index (χ0v) is 21.1. The van der Waals surface area contributed by atoms with E-state index in [2.05, 4.69) is 19.9 Å². The second-order valence-electron chi connectivity index (χ2n) is 10.2. The van der Waals surface area contributed by atoms with Crippen LogP contribution in [0.3, 0.4) is 0 Å². The Bertz CT molecular complexity index is 1200. The van der Waals surface area contributed by atoms with Gasteiger partial charge in [0.25, 0.3) is 11.7 Å². The topological polar surface area (TPSA) is 93.7 Å². The van der Waals surface area contributed by atoms with E-state index in [1.54, 1.807) is 30.5 Å². The summed E-state index contributed by atoms with van der Waals surface area (Å²) < 4.78 is 35.2. The maximum atomic E-state index is 12.4. The molecule has 0 spiro atoms. The zero-order chi connectivity index (χ0) is 26.5. The molecule has 1 aliphatic carbocycles. The van der Waals surface area contributed by atoms with Crippen LogP contribution in [0.1, 0.15) is 44.9 Å². The number of hydrogen-bond acceptors (Lipinski definition) is 7. The van der Waals surface area contributed by atoms with Crippen molar-refractivity contribution in [2.75, 3.05) is 23.3 Å². The Balaban J connectivity index is 1.19. The van der Waals surface area contributed by atoms with Crippen LogP contribution >= 0.6 is 0 Å². The Labute approximate surface area is 220 Å². The van der Waals surface area contributed by atoms with Gasteiger partial charge in [-0.1, -0.05) is 12.8 Å². The van der Waals surface area contributed by atoms with Crippen LogP contribution in [0.5, 0.6) is 5.75 Å². The average molecular weight is 527 g/mol. The fourth-order valence-corrected chi connectivity index (χ4v) is 5.82. The summed E-state index contributed by atoms with van der Waals surface area (Å²) >= 11 is 0. The highest BCUT2D eigenvalue weighted by Crippen LogP contribution is 2.36. The Morgan fingerprint density at radius 2 is 1.84 bits per heavy atom. The maximum absolute atomic E-state index is 12.4. The SMILES string of the molecule is O=[N+]([O-])c1ccc(N2CCC[C@H](C[C@@H]3CCCC[C@H]3Nc3ncc(-c4ccc(OC(F)F)cc4)o3)C2)cc1. The summed E-state index contributed by atoms with van der Waals surface area (Å²) in [6.07, 6.45) is 9.63. The van der Waals surface area contributed by atoms with Gasteiger partial charge in [-0.3, -0.25) is 10.1 Å². The summed E-state index contributed by atoms with van der Waals surface area (Å²) in [7, 11) is 0. The van der Waals surface area contributed by atoms with Gasteiger partial charge in [-0.25, -0.2) is 4.98 Å². The summed E-state index contributed by atoms with van der Waals surface area (Å²) in [5, 5.41) is 14.5. The van der Waals surface area contributed by atoms with Gasteiger partial charge in [-0.15, -0.1) is 0 Å². The van der Waals surface area contributed by atoms with Gasteiger partial charge >= 0.3 is 6.61 Å². The molecule has 0 bridgehead atoms. The number of ether oxygens (including phenoxy) is 1. The van der Waals surface area contributed by atoms with Crippen molar-refractivity contribution in [2.24, 2.45) is 11.8 Å². The van der Waals surface area contributed by atoms with Crippen LogP contribution in [0.2, 0.25) is 0 Å². The number of nitrogens with one attached hydrogen (secondary N) is 1. The van der Waals surface area contributed by atoms with Crippen LogP contribution in [0, 0.1) is 22.0 Å². The van der Waals surface area contributed by atoms with E-state index >= 15 is 0 Å². The molecule has 2 aromatic carbocycles. The number of anilines is 2. The lowest BCUT2D eigenvalue weighted by atomic mass is 9.77. The van der Waals surface area contributed by atoms with E-state index in [4.69, 9.17) is 4.42 Å². The van der Waals surface area contributed by atoms with E-state index in [1.807, 2.05) is 12.1 Å². The van der Waals surface area contributed by atoms with Crippen LogP contribution in [0.25, 0.3) is 11.3 Å². The standard InChI is InChI=1S/C28H32F2N4O4/c29-27(30)37-24-13-7-20(8-14-24)26-17-31-28(38-26)32-25-6-2-1-5-21(25)16-19-4-3-15-33(18-19)22-9-11-23(12-10-22)34(35)36/h7-14,17,19,21,25,27H,1-6,15-16,18H2,(H,31,32)/t19-,21+,25-/m1/s1. The third kappa shape index (κ3) is 6.41. The summed E-state index contributed by atoms with van der Waals surface area (Å²) in [4.78, 5) is 17.4. The zero-order valence-electron chi connectivity index (χ0n) is 21.1. The molecule has 202 valence electrons. The van der Waals surface area contributed by atoms with E-state index < -0.39 is 6.61 Å². The third-order valence-corrected chi connectivity index (χ3v) is 7.67. The number of aromatic nitrogens is 1. The largest absolute Gasteiger partial charge is 0.435 e. The Hall–Kier alpha value is -3.69. The summed E-state index contributed by atoms with van der Waals surface area (Å²) in [6.45, 7) is -0.936. The lowest BCUT2D eigenvalue weighted by molar-refractivity contribution is -0.384. The molecule has 5 rings (SSSR count). The lowest BCUT2D eigenvalue weighted by Gasteiger charge is -2.39. The molecule has 1 aromatic heterocycles. The van der Waals surface area contributed by atoms with Gasteiger partial charge < -0.3 is 19.4 Å². The molecular formula is C28H32F2N4O4. The number of hydrogen-bond donors (Lipinski definition) is 1. The molecule has 2 fully saturated rings. The molecule has 1 aliphatic heterocycles. The lowest BCUT2D eigenvalue weighted by Crippen LogP contribution is -2.39. The van der Waals surface area contributed by atoms with Crippen molar-refractivity contribution in [3.05, 3.63) is 64.8 Å². The van der Waals surface area contributed by atoms with Crippen LogP contribution < -0.4 is 15.0 Å². The van der Waals surface area contributed by atoms with Crippen LogP contribution in [-0.2, 0) is 0 Å². The minimum absolute atomic E-state index is 0.0986. The Morgan fingerprint density at radius 1 is 1.08 bits per heavy atom. The first-order valence-corrected chi connectivity index (χ1v) is 13.2. The second kappa shape index (κ2) is 11.8. The molecule has 38 heavy (non-hydrogen) atoms. The molecule has 1 N–H and O–H groups in total. The van der Waals surface area contributed by atoms with E-state index in [0.717, 1.165) is 56.4 Å². The van der Waals surface area contributed by atoms with Crippen LogP contribution in [0.4, 0.5) is 26.2 Å². The van der Waals surface area contributed by atoms with E-state index in [1.165, 1.54) is 25.0 Å². The van der Waals surface area contributed by atoms with E-state index in [-0.39, 0.29) is 22.4 Å². The molecule has 0 radical (unpaired) electrons. The van der Waals surface area contributed by atoms with Crippen molar-refractivity contribution >= 4 is 17.4 Å². The first-order chi connectivity index (χ1) is 18.4. The van der Waals surface area contributed by atoms with Crippen molar-refractivity contribution in [1.29, 1.82) is 0 Å². The van der Waals surface area contributed by atoms with Crippen molar-refractivity contribution in [1.82, 2.24) is 4.98 Å². The van der Waals surface area contributed by atoms with Gasteiger partial charge in [-0.05, 0) is 80.3 Å². The molecule has 2 heterocycles. The quantitative estimate of drug-likeness (QED) is 0.234.